The SMILES string of the molecule is N#CC(C#N)=NNC1=C=C=C(OC(F)(F)F)C=C1. The monoisotopic (exact) mass is 252 g/mol. The maximum Gasteiger partial charge on any atom is 0.573 e. The highest BCUT2D eigenvalue weighted by Crippen LogP contribution is 2.21. The molecule has 0 heterocycles. The highest BCUT2D eigenvalue weighted by molar-refractivity contribution is 6.10. The molecule has 1 N–H and O–H groups in total. The van der Waals surface area contributed by atoms with E-state index in [-0.39, 0.29) is 5.70 Å². The molecule has 0 spiro atoms. The molecule has 0 fully saturated rings. The maximum absolute atomic E-state index is 11.8. The molecule has 0 radical (unpaired) electrons. The fourth-order valence-electron chi connectivity index (χ4n) is 0.812. The van der Waals surface area contributed by atoms with Crippen molar-refractivity contribution >= 4 is 5.71 Å². The molecular weight excluding hydrogens is 249 g/mol. The van der Waals surface area contributed by atoms with Crippen LogP contribution in [-0.4, -0.2) is 12.1 Å². The van der Waals surface area contributed by atoms with Crippen molar-refractivity contribution < 1.29 is 17.9 Å². The standard InChI is InChI=1S/C10H3F3N4O/c11-10(12,13)18-9-3-1-7(2-4-9)16-17-8(5-14)6-15/h1,3,16H. The third-order valence-electron chi connectivity index (χ3n) is 1.45. The Labute approximate surface area is 99.1 Å². The first-order valence-corrected chi connectivity index (χ1v) is 4.28. The van der Waals surface area contributed by atoms with Crippen LogP contribution in [0.15, 0.2) is 40.2 Å². The number of nitrogens with zero attached hydrogens (tertiary/aromatic N) is 3. The average Bonchev–Trinajstić information content (AvgIpc) is 2.30. The zero-order chi connectivity index (χ0) is 13.6. The summed E-state index contributed by atoms with van der Waals surface area (Å²) in [6.45, 7) is 0. The second-order valence-corrected chi connectivity index (χ2v) is 2.70. The van der Waals surface area contributed by atoms with Gasteiger partial charge in [0.25, 0.3) is 0 Å². The number of rotatable bonds is 3. The maximum atomic E-state index is 11.8. The predicted octanol–water partition coefficient (Wildman–Crippen LogP) is 1.61. The molecule has 0 saturated heterocycles. The second kappa shape index (κ2) is 5.42. The summed E-state index contributed by atoms with van der Waals surface area (Å²) in [6, 6.07) is 2.99. The van der Waals surface area contributed by atoms with Gasteiger partial charge in [-0.05, 0) is 23.6 Å². The fraction of sp³-hybridized carbons (Fsp3) is 0.100. The largest absolute Gasteiger partial charge is 0.573 e. The zero-order valence-corrected chi connectivity index (χ0v) is 8.54. The Hall–Kier alpha value is -2.92. The van der Waals surface area contributed by atoms with E-state index in [9.17, 15) is 13.2 Å². The number of alkyl halides is 3. The summed E-state index contributed by atoms with van der Waals surface area (Å²) < 4.78 is 39.0. The lowest BCUT2D eigenvalue weighted by Crippen LogP contribution is -2.12. The summed E-state index contributed by atoms with van der Waals surface area (Å²) in [6.07, 6.45) is -2.64. The molecule has 0 aliphatic heterocycles. The van der Waals surface area contributed by atoms with E-state index in [0.717, 1.165) is 6.08 Å². The third-order valence-corrected chi connectivity index (χ3v) is 1.45. The van der Waals surface area contributed by atoms with Gasteiger partial charge in [0.1, 0.15) is 17.8 Å². The Morgan fingerprint density at radius 2 is 1.94 bits per heavy atom. The van der Waals surface area contributed by atoms with Crippen molar-refractivity contribution in [3.8, 4) is 12.1 Å². The molecule has 0 aromatic rings. The molecule has 1 aliphatic rings. The van der Waals surface area contributed by atoms with E-state index in [0.29, 0.717) is 0 Å². The summed E-state index contributed by atoms with van der Waals surface area (Å²) in [5.41, 5.74) is 6.32. The quantitative estimate of drug-likeness (QED) is 0.470. The van der Waals surface area contributed by atoms with Gasteiger partial charge in [0.2, 0.25) is 5.71 Å². The first-order chi connectivity index (χ1) is 8.44. The molecule has 18 heavy (non-hydrogen) atoms. The number of nitriles is 2. The van der Waals surface area contributed by atoms with E-state index in [4.69, 9.17) is 10.5 Å². The van der Waals surface area contributed by atoms with Crippen molar-refractivity contribution in [2.24, 2.45) is 5.10 Å². The number of allylic oxidation sites excluding steroid dienone is 2. The summed E-state index contributed by atoms with van der Waals surface area (Å²) in [5, 5.41) is 20.1. The van der Waals surface area contributed by atoms with Gasteiger partial charge in [-0.25, -0.2) is 0 Å². The molecule has 5 nitrogen and oxygen atoms in total. The Kier molecular flexibility index (Phi) is 3.96. The van der Waals surface area contributed by atoms with Gasteiger partial charge in [0.15, 0.2) is 5.76 Å². The molecule has 0 atom stereocenters. The number of hydrogen-bond donors (Lipinski definition) is 1. The van der Waals surface area contributed by atoms with Crippen LogP contribution < -0.4 is 5.43 Å². The van der Waals surface area contributed by atoms with Crippen LogP contribution in [-0.2, 0) is 4.74 Å². The number of hydrogen-bond acceptors (Lipinski definition) is 5. The van der Waals surface area contributed by atoms with Crippen LogP contribution in [0, 0.1) is 22.7 Å². The van der Waals surface area contributed by atoms with Gasteiger partial charge >= 0.3 is 6.36 Å². The topological polar surface area (TPSA) is 81.2 Å². The normalized spacial score (nSPS) is 12.7. The van der Waals surface area contributed by atoms with Gasteiger partial charge in [-0.1, -0.05) is 0 Å². The minimum atomic E-state index is -4.80. The molecule has 0 unspecified atom stereocenters. The lowest BCUT2D eigenvalue weighted by Gasteiger charge is -2.08. The lowest BCUT2D eigenvalue weighted by atomic mass is 10.3. The van der Waals surface area contributed by atoms with E-state index in [1.54, 1.807) is 0 Å². The van der Waals surface area contributed by atoms with Crippen molar-refractivity contribution in [2.75, 3.05) is 0 Å². The van der Waals surface area contributed by atoms with Crippen LogP contribution in [0.4, 0.5) is 13.2 Å². The third kappa shape index (κ3) is 4.30. The number of hydrazone groups is 1. The van der Waals surface area contributed by atoms with Crippen molar-refractivity contribution in [3.05, 3.63) is 35.1 Å². The molecular formula is C10H3F3N4O. The Morgan fingerprint density at radius 3 is 2.39 bits per heavy atom. The van der Waals surface area contributed by atoms with Crippen molar-refractivity contribution in [1.82, 2.24) is 5.43 Å². The summed E-state index contributed by atoms with van der Waals surface area (Å²) >= 11 is 0. The molecule has 0 bridgehead atoms. The van der Waals surface area contributed by atoms with Gasteiger partial charge in [0, 0.05) is 0 Å². The number of ether oxygens (including phenoxy) is 1. The summed E-state index contributed by atoms with van der Waals surface area (Å²) in [5.74, 6) is -0.558. The highest BCUT2D eigenvalue weighted by Gasteiger charge is 2.31. The molecule has 0 aromatic heterocycles. The molecule has 1 aliphatic carbocycles. The summed E-state index contributed by atoms with van der Waals surface area (Å²) in [4.78, 5) is 0. The van der Waals surface area contributed by atoms with Crippen molar-refractivity contribution in [2.45, 2.75) is 6.36 Å². The first-order valence-electron chi connectivity index (χ1n) is 4.28. The van der Waals surface area contributed by atoms with Crippen molar-refractivity contribution in [3.63, 3.8) is 0 Å². The van der Waals surface area contributed by atoms with E-state index in [1.165, 1.54) is 18.2 Å². The van der Waals surface area contributed by atoms with E-state index in [2.05, 4.69) is 26.7 Å². The van der Waals surface area contributed by atoms with E-state index < -0.39 is 17.8 Å². The fourth-order valence-corrected chi connectivity index (χ4v) is 0.812. The molecule has 8 heteroatoms. The Morgan fingerprint density at radius 1 is 1.28 bits per heavy atom. The number of halogens is 3. The van der Waals surface area contributed by atoms with Crippen LogP contribution in [0.25, 0.3) is 0 Å². The Bertz CT molecular complexity index is 572. The van der Waals surface area contributed by atoms with Crippen LogP contribution in [0.3, 0.4) is 0 Å². The minimum absolute atomic E-state index is 0.132. The van der Waals surface area contributed by atoms with E-state index >= 15 is 0 Å². The van der Waals surface area contributed by atoms with Gasteiger partial charge in [-0.2, -0.15) is 15.6 Å². The highest BCUT2D eigenvalue weighted by atomic mass is 19.4. The Balaban J connectivity index is 2.83. The lowest BCUT2D eigenvalue weighted by molar-refractivity contribution is -0.303. The summed E-state index contributed by atoms with van der Waals surface area (Å²) in [7, 11) is 0. The van der Waals surface area contributed by atoms with Crippen LogP contribution >= 0.6 is 0 Å². The predicted molar refractivity (Wildman–Crippen MR) is 52.1 cm³/mol. The minimum Gasteiger partial charge on any atom is -0.397 e. The molecule has 0 saturated carbocycles. The van der Waals surface area contributed by atoms with Gasteiger partial charge in [0.05, 0.1) is 0 Å². The zero-order valence-electron chi connectivity index (χ0n) is 8.54. The van der Waals surface area contributed by atoms with Gasteiger partial charge < -0.3 is 4.74 Å². The molecule has 0 aromatic carbocycles. The van der Waals surface area contributed by atoms with Crippen LogP contribution in [0.5, 0.6) is 0 Å². The van der Waals surface area contributed by atoms with Crippen LogP contribution in [0.2, 0.25) is 0 Å². The van der Waals surface area contributed by atoms with Gasteiger partial charge in [-0.3, -0.25) is 5.43 Å². The molecule has 0 amide bonds. The first kappa shape index (κ1) is 13.1. The van der Waals surface area contributed by atoms with E-state index in [1.807, 2.05) is 0 Å². The molecule has 1 rings (SSSR count). The van der Waals surface area contributed by atoms with Gasteiger partial charge in [-0.15, -0.1) is 13.2 Å². The van der Waals surface area contributed by atoms with Crippen LogP contribution in [0.1, 0.15) is 0 Å². The van der Waals surface area contributed by atoms with Crippen molar-refractivity contribution in [1.29, 1.82) is 10.5 Å². The molecule has 90 valence electrons. The second-order valence-electron chi connectivity index (χ2n) is 2.70. The smallest absolute Gasteiger partial charge is 0.397 e. The average molecular weight is 252 g/mol. The number of nitrogens with one attached hydrogen (secondary N) is 1.